The molecule has 5 heteroatoms. The zero-order valence-electron chi connectivity index (χ0n) is 14.5. The third-order valence-corrected chi connectivity index (χ3v) is 2.46. The Morgan fingerprint density at radius 1 is 1.56 bits per heavy atom. The Labute approximate surface area is 104 Å². The van der Waals surface area contributed by atoms with Crippen LogP contribution < -0.4 is 10.5 Å². The van der Waals surface area contributed by atoms with Crippen LogP contribution in [0, 0.1) is 6.92 Å². The lowest BCUT2D eigenvalue weighted by atomic mass is 10.1. The summed E-state index contributed by atoms with van der Waals surface area (Å²) in [5, 5.41) is 0.471. The lowest BCUT2D eigenvalue weighted by Crippen LogP contribution is -2.01. The summed E-state index contributed by atoms with van der Waals surface area (Å²) < 4.78 is 69.7. The Morgan fingerprint density at radius 2 is 2.31 bits per heavy atom. The molecule has 0 radical (unpaired) electrons. The van der Waals surface area contributed by atoms with E-state index in [4.69, 9.17) is 18.7 Å². The molecule has 88 valence electrons. The molecule has 0 amide bonds. The molecule has 0 unspecified atom stereocenters. The van der Waals surface area contributed by atoms with Crippen molar-refractivity contribution in [2.75, 3.05) is 13.2 Å². The van der Waals surface area contributed by atoms with Crippen molar-refractivity contribution < 1.29 is 21.4 Å². The van der Waals surface area contributed by atoms with E-state index in [9.17, 15) is 8.42 Å². The second kappa shape index (κ2) is 4.57. The molecule has 0 atom stereocenters. The molecule has 0 heterocycles. The highest BCUT2D eigenvalue weighted by Gasteiger charge is 2.04. The molecule has 4 nitrogen and oxygen atoms in total. The SMILES string of the molecule is [2H]C([2H])([2H])Oc1ccc(/C(N)=C/S(=O)(=O)C([2H])([2H])[2H])cc1C. The van der Waals surface area contributed by atoms with Crippen molar-refractivity contribution in [1.82, 2.24) is 0 Å². The normalized spacial score (nSPS) is 19.7. The van der Waals surface area contributed by atoms with Crippen LogP contribution >= 0.6 is 0 Å². The number of hydrogen-bond acceptors (Lipinski definition) is 4. The molecule has 0 aromatic heterocycles. The molecule has 1 aromatic rings. The maximum atomic E-state index is 11.6. The van der Waals surface area contributed by atoms with Crippen LogP contribution in [0.5, 0.6) is 5.75 Å². The molecular formula is C11H15NO3S. The van der Waals surface area contributed by atoms with E-state index in [0.29, 0.717) is 11.0 Å². The maximum Gasteiger partial charge on any atom is 0.170 e. The summed E-state index contributed by atoms with van der Waals surface area (Å²) in [6.45, 7) is 1.55. The predicted octanol–water partition coefficient (Wildman–Crippen LogP) is 1.31. The fourth-order valence-corrected chi connectivity index (χ4v) is 1.65. The summed E-state index contributed by atoms with van der Waals surface area (Å²) in [7, 11) is -7.12. The fourth-order valence-electron chi connectivity index (χ4n) is 1.18. The first kappa shape index (κ1) is 6.30. The van der Waals surface area contributed by atoms with Gasteiger partial charge >= 0.3 is 0 Å². The summed E-state index contributed by atoms with van der Waals surface area (Å²) >= 11 is 0. The van der Waals surface area contributed by atoms with Gasteiger partial charge in [-0.2, -0.15) is 0 Å². The van der Waals surface area contributed by atoms with Crippen molar-refractivity contribution in [3.8, 4) is 5.75 Å². The predicted molar refractivity (Wildman–Crippen MR) is 64.7 cm³/mol. The van der Waals surface area contributed by atoms with E-state index in [1.54, 1.807) is 6.92 Å². The van der Waals surface area contributed by atoms with Crippen molar-refractivity contribution >= 4 is 15.5 Å². The Bertz CT molecular complexity index is 691. The van der Waals surface area contributed by atoms with Gasteiger partial charge in [-0.05, 0) is 36.2 Å². The summed E-state index contributed by atoms with van der Waals surface area (Å²) in [6, 6.07) is 4.07. The van der Waals surface area contributed by atoms with Crippen molar-refractivity contribution in [2.45, 2.75) is 6.92 Å². The van der Waals surface area contributed by atoms with Crippen LogP contribution in [0.15, 0.2) is 23.6 Å². The quantitative estimate of drug-likeness (QED) is 0.874. The average Bonchev–Trinajstić information content (AvgIpc) is 2.27. The second-order valence-corrected chi connectivity index (χ2v) is 4.53. The number of benzene rings is 1. The van der Waals surface area contributed by atoms with Gasteiger partial charge in [0.25, 0.3) is 0 Å². The van der Waals surface area contributed by atoms with Gasteiger partial charge in [-0.3, -0.25) is 0 Å². The molecular weight excluding hydrogens is 226 g/mol. The second-order valence-electron chi connectivity index (χ2n) is 3.20. The van der Waals surface area contributed by atoms with Crippen LogP contribution in [0.4, 0.5) is 0 Å². The third kappa shape index (κ3) is 3.27. The van der Waals surface area contributed by atoms with Gasteiger partial charge in [0.2, 0.25) is 0 Å². The van der Waals surface area contributed by atoms with Crippen LogP contribution in [0.3, 0.4) is 0 Å². The number of methoxy groups -OCH3 is 1. The van der Waals surface area contributed by atoms with Crippen LogP contribution in [0.25, 0.3) is 5.70 Å². The lowest BCUT2D eigenvalue weighted by Gasteiger charge is -2.07. The molecule has 0 aliphatic carbocycles. The average molecular weight is 247 g/mol. The molecule has 0 fully saturated rings. The lowest BCUT2D eigenvalue weighted by molar-refractivity contribution is 0.411. The molecule has 0 aliphatic heterocycles. The minimum absolute atomic E-state index is 0.0928. The molecule has 0 bridgehead atoms. The van der Waals surface area contributed by atoms with Crippen molar-refractivity contribution in [2.24, 2.45) is 5.73 Å². The molecule has 0 aliphatic rings. The summed E-state index contributed by atoms with van der Waals surface area (Å²) in [6.07, 6.45) is -3.20. The summed E-state index contributed by atoms with van der Waals surface area (Å²) in [5.74, 6) is 0.0928. The summed E-state index contributed by atoms with van der Waals surface area (Å²) in [4.78, 5) is 0. The minimum Gasteiger partial charge on any atom is -0.496 e. The smallest absolute Gasteiger partial charge is 0.170 e. The zero-order valence-corrected chi connectivity index (χ0v) is 9.34. The van der Waals surface area contributed by atoms with E-state index < -0.39 is 23.1 Å². The van der Waals surface area contributed by atoms with Gasteiger partial charge in [-0.25, -0.2) is 8.42 Å². The van der Waals surface area contributed by atoms with Crippen molar-refractivity contribution in [1.29, 1.82) is 0 Å². The number of aryl methyl sites for hydroxylation is 1. The fraction of sp³-hybridized carbons (Fsp3) is 0.273. The Hall–Kier alpha value is -1.49. The Kier molecular flexibility index (Phi) is 1.80. The van der Waals surface area contributed by atoms with Gasteiger partial charge in [-0.1, -0.05) is 0 Å². The molecule has 1 rings (SSSR count). The first-order chi connectivity index (χ1) is 9.73. The number of hydrogen-bond donors (Lipinski definition) is 1. The van der Waals surface area contributed by atoms with E-state index in [1.165, 1.54) is 18.2 Å². The largest absolute Gasteiger partial charge is 0.496 e. The first-order valence-electron chi connectivity index (χ1n) is 7.25. The van der Waals surface area contributed by atoms with E-state index in [2.05, 4.69) is 0 Å². The summed E-state index contributed by atoms with van der Waals surface area (Å²) in [5.41, 5.74) is 5.99. The van der Waals surface area contributed by atoms with E-state index >= 15 is 0 Å². The number of nitrogens with two attached hydrogens (primary N) is 1. The zero-order chi connectivity index (χ0) is 17.3. The molecule has 1 aromatic carbocycles. The first-order valence-corrected chi connectivity index (χ1v) is 5.79. The van der Waals surface area contributed by atoms with E-state index in [0.717, 1.165) is 0 Å². The van der Waals surface area contributed by atoms with E-state index in [-0.39, 0.29) is 17.0 Å². The number of sulfone groups is 1. The molecule has 0 saturated heterocycles. The van der Waals surface area contributed by atoms with Crippen molar-refractivity contribution in [3.63, 3.8) is 0 Å². The Morgan fingerprint density at radius 3 is 2.88 bits per heavy atom. The topological polar surface area (TPSA) is 69.4 Å². The van der Waals surface area contributed by atoms with Gasteiger partial charge in [0.05, 0.1) is 22.3 Å². The van der Waals surface area contributed by atoms with Crippen molar-refractivity contribution in [3.05, 3.63) is 34.7 Å². The maximum absolute atomic E-state index is 11.6. The Balaban J connectivity index is 3.17. The monoisotopic (exact) mass is 247 g/mol. The highest BCUT2D eigenvalue weighted by atomic mass is 32.2. The van der Waals surface area contributed by atoms with Crippen LogP contribution in [0.2, 0.25) is 0 Å². The number of rotatable bonds is 3. The van der Waals surface area contributed by atoms with Gasteiger partial charge in [-0.15, -0.1) is 0 Å². The van der Waals surface area contributed by atoms with Gasteiger partial charge < -0.3 is 10.5 Å². The van der Waals surface area contributed by atoms with Crippen LogP contribution in [0.1, 0.15) is 19.4 Å². The van der Waals surface area contributed by atoms with Crippen LogP contribution in [-0.4, -0.2) is 21.6 Å². The highest BCUT2D eigenvalue weighted by molar-refractivity contribution is 7.93. The number of ether oxygens (including phenoxy) is 1. The van der Waals surface area contributed by atoms with Gasteiger partial charge in [0, 0.05) is 10.3 Å². The molecule has 2 N–H and O–H groups in total. The van der Waals surface area contributed by atoms with Crippen LogP contribution in [-0.2, 0) is 9.84 Å². The molecule has 16 heavy (non-hydrogen) atoms. The third-order valence-electron chi connectivity index (χ3n) is 1.90. The van der Waals surface area contributed by atoms with Gasteiger partial charge in [0.1, 0.15) is 5.75 Å². The standard InChI is InChI=1S/C11H15NO3S/c1-8-6-9(4-5-11(8)15-2)10(12)7-16(3,13)14/h4-7H,12H2,1-3H3/b10-7-/i2D3,3D3. The highest BCUT2D eigenvalue weighted by Crippen LogP contribution is 2.21. The van der Waals surface area contributed by atoms with Gasteiger partial charge in [0.15, 0.2) is 9.84 Å². The molecule has 0 spiro atoms. The van der Waals surface area contributed by atoms with E-state index in [1.807, 2.05) is 0 Å². The minimum atomic E-state index is -4.51. The molecule has 0 saturated carbocycles.